The van der Waals surface area contributed by atoms with Gasteiger partial charge >= 0.3 is 0 Å². The minimum Gasteiger partial charge on any atom is -0.493 e. The normalized spacial score (nSPS) is 14.1. The fourth-order valence-electron chi connectivity index (χ4n) is 1.60. The highest BCUT2D eigenvalue weighted by atomic mass is 35.5. The van der Waals surface area contributed by atoms with E-state index in [1.54, 1.807) is 12.1 Å². The van der Waals surface area contributed by atoms with Gasteiger partial charge in [-0.1, -0.05) is 26.0 Å². The van der Waals surface area contributed by atoms with Gasteiger partial charge in [-0.15, -0.1) is 12.4 Å². The summed E-state index contributed by atoms with van der Waals surface area (Å²) in [6.07, 6.45) is -0.726. The van der Waals surface area contributed by atoms with E-state index >= 15 is 0 Å². The smallest absolute Gasteiger partial charge is 0.165 e. The van der Waals surface area contributed by atoms with E-state index in [4.69, 9.17) is 10.5 Å². The summed E-state index contributed by atoms with van der Waals surface area (Å²) in [6, 6.07) is 3.88. The van der Waals surface area contributed by atoms with Crippen LogP contribution in [0, 0.1) is 11.7 Å². The first-order valence-corrected chi connectivity index (χ1v) is 5.25. The number of ether oxygens (including phenoxy) is 1. The third kappa shape index (κ3) is 3.56. The van der Waals surface area contributed by atoms with Gasteiger partial charge in [-0.3, -0.25) is 0 Å². The van der Waals surface area contributed by atoms with Gasteiger partial charge in [0.15, 0.2) is 11.6 Å². The molecule has 0 bridgehead atoms. The summed E-state index contributed by atoms with van der Waals surface area (Å²) in [5.74, 6) is -0.357. The monoisotopic (exact) mass is 263 g/mol. The lowest BCUT2D eigenvalue weighted by Gasteiger charge is -2.24. The lowest BCUT2D eigenvalue weighted by atomic mass is 9.94. The van der Waals surface area contributed by atoms with Crippen molar-refractivity contribution in [2.75, 3.05) is 7.11 Å². The van der Waals surface area contributed by atoms with E-state index in [1.165, 1.54) is 13.2 Å². The van der Waals surface area contributed by atoms with Crippen LogP contribution < -0.4 is 10.5 Å². The van der Waals surface area contributed by atoms with Gasteiger partial charge in [0.25, 0.3) is 0 Å². The maximum atomic E-state index is 13.4. The van der Waals surface area contributed by atoms with E-state index in [1.807, 2.05) is 13.8 Å². The molecule has 1 aromatic rings. The minimum absolute atomic E-state index is 0. The van der Waals surface area contributed by atoms with Gasteiger partial charge in [-0.05, 0) is 12.0 Å². The number of aliphatic hydroxyl groups excluding tert-OH is 1. The molecule has 5 heteroatoms. The first-order valence-electron chi connectivity index (χ1n) is 5.25. The molecule has 0 aliphatic heterocycles. The molecule has 98 valence electrons. The van der Waals surface area contributed by atoms with Crippen LogP contribution in [0.5, 0.6) is 5.75 Å². The molecule has 17 heavy (non-hydrogen) atoms. The Labute approximate surface area is 107 Å². The van der Waals surface area contributed by atoms with Crippen LogP contribution in [-0.2, 0) is 0 Å². The number of methoxy groups -OCH3 is 1. The van der Waals surface area contributed by atoms with Gasteiger partial charge in [0.1, 0.15) is 0 Å². The van der Waals surface area contributed by atoms with Gasteiger partial charge < -0.3 is 15.6 Å². The van der Waals surface area contributed by atoms with Crippen LogP contribution in [0.15, 0.2) is 18.2 Å². The van der Waals surface area contributed by atoms with Crippen LogP contribution in [0.3, 0.4) is 0 Å². The van der Waals surface area contributed by atoms with Crippen molar-refractivity contribution in [3.63, 3.8) is 0 Å². The van der Waals surface area contributed by atoms with Gasteiger partial charge in [0.2, 0.25) is 0 Å². The molecule has 0 aliphatic rings. The lowest BCUT2D eigenvalue weighted by molar-refractivity contribution is 0.0967. The minimum atomic E-state index is -0.726. The van der Waals surface area contributed by atoms with Crippen molar-refractivity contribution in [2.45, 2.75) is 26.0 Å². The van der Waals surface area contributed by atoms with Crippen molar-refractivity contribution in [1.29, 1.82) is 0 Å². The lowest BCUT2D eigenvalue weighted by Crippen LogP contribution is -2.30. The quantitative estimate of drug-likeness (QED) is 0.876. The molecule has 1 aromatic carbocycles. The van der Waals surface area contributed by atoms with Crippen LogP contribution in [0.4, 0.5) is 4.39 Å². The molecule has 0 spiro atoms. The van der Waals surface area contributed by atoms with Gasteiger partial charge in [0.05, 0.1) is 19.3 Å². The number of nitrogens with two attached hydrogens (primary N) is 1. The Balaban J connectivity index is 0.00000256. The first kappa shape index (κ1) is 16.2. The summed E-state index contributed by atoms with van der Waals surface area (Å²) in [4.78, 5) is 0. The molecule has 0 aromatic heterocycles. The molecule has 1 rings (SSSR count). The topological polar surface area (TPSA) is 55.5 Å². The zero-order chi connectivity index (χ0) is 12.3. The van der Waals surface area contributed by atoms with Crippen LogP contribution >= 0.6 is 12.4 Å². The maximum absolute atomic E-state index is 13.4. The summed E-state index contributed by atoms with van der Waals surface area (Å²) in [7, 11) is 1.39. The summed E-state index contributed by atoms with van der Waals surface area (Å²) in [5.41, 5.74) is 6.38. The Morgan fingerprint density at radius 2 is 1.94 bits per heavy atom. The van der Waals surface area contributed by atoms with Crippen molar-refractivity contribution in [1.82, 2.24) is 0 Å². The van der Waals surface area contributed by atoms with Crippen LogP contribution in [0.1, 0.15) is 25.5 Å². The molecule has 2 atom stereocenters. The molecule has 3 N–H and O–H groups in total. The van der Waals surface area contributed by atoms with Crippen molar-refractivity contribution in [3.8, 4) is 5.75 Å². The Bertz CT molecular complexity index is 360. The molecule has 3 nitrogen and oxygen atoms in total. The molecule has 0 saturated heterocycles. The molecule has 0 aliphatic carbocycles. The molecule has 0 saturated carbocycles. The third-order valence-electron chi connectivity index (χ3n) is 2.61. The Kier molecular flexibility index (Phi) is 6.45. The molecule has 0 heterocycles. The third-order valence-corrected chi connectivity index (χ3v) is 2.61. The van der Waals surface area contributed by atoms with Crippen molar-refractivity contribution >= 4 is 12.4 Å². The van der Waals surface area contributed by atoms with Crippen LogP contribution in [-0.4, -0.2) is 18.3 Å². The Morgan fingerprint density at radius 1 is 1.35 bits per heavy atom. The number of aliphatic hydroxyl groups is 1. The number of benzene rings is 1. The van der Waals surface area contributed by atoms with E-state index in [9.17, 15) is 9.50 Å². The average Bonchev–Trinajstić information content (AvgIpc) is 2.26. The van der Waals surface area contributed by atoms with Gasteiger partial charge in [-0.2, -0.15) is 0 Å². The SMILES string of the molecule is COc1c(F)cccc1[C@@H](N)[C@@H](O)C(C)C.Cl. The van der Waals surface area contributed by atoms with Crippen LogP contribution in [0.2, 0.25) is 0 Å². The fourth-order valence-corrected chi connectivity index (χ4v) is 1.60. The van der Waals surface area contributed by atoms with Crippen molar-refractivity contribution in [3.05, 3.63) is 29.6 Å². The second-order valence-corrected chi connectivity index (χ2v) is 4.12. The van der Waals surface area contributed by atoms with E-state index in [2.05, 4.69) is 0 Å². The first-order chi connectivity index (χ1) is 7.49. The molecular weight excluding hydrogens is 245 g/mol. The zero-order valence-electron chi connectivity index (χ0n) is 10.2. The predicted molar refractivity (Wildman–Crippen MR) is 68.0 cm³/mol. The molecule has 0 fully saturated rings. The summed E-state index contributed by atoms with van der Waals surface area (Å²) in [5, 5.41) is 9.86. The fraction of sp³-hybridized carbons (Fsp3) is 0.500. The average molecular weight is 264 g/mol. The largest absolute Gasteiger partial charge is 0.493 e. The van der Waals surface area contributed by atoms with Gasteiger partial charge in [-0.25, -0.2) is 4.39 Å². The molecule has 0 amide bonds. The maximum Gasteiger partial charge on any atom is 0.165 e. The molecule has 0 unspecified atom stereocenters. The van der Waals surface area contributed by atoms with Crippen molar-refractivity contribution in [2.24, 2.45) is 11.7 Å². The highest BCUT2D eigenvalue weighted by molar-refractivity contribution is 5.85. The van der Waals surface area contributed by atoms with Gasteiger partial charge in [0, 0.05) is 5.56 Å². The highest BCUT2D eigenvalue weighted by Gasteiger charge is 2.24. The Hall–Kier alpha value is -0.840. The second-order valence-electron chi connectivity index (χ2n) is 4.12. The van der Waals surface area contributed by atoms with E-state index in [0.29, 0.717) is 5.56 Å². The predicted octanol–water partition coefficient (Wildman–Crippen LogP) is 2.27. The zero-order valence-corrected chi connectivity index (χ0v) is 11.0. The summed E-state index contributed by atoms with van der Waals surface area (Å²) in [6.45, 7) is 3.71. The van der Waals surface area contributed by atoms with Crippen LogP contribution in [0.25, 0.3) is 0 Å². The Morgan fingerprint density at radius 3 is 2.41 bits per heavy atom. The number of hydrogen-bond acceptors (Lipinski definition) is 3. The van der Waals surface area contributed by atoms with Crippen molar-refractivity contribution < 1.29 is 14.2 Å². The molecule has 0 radical (unpaired) electrons. The summed E-state index contributed by atoms with van der Waals surface area (Å²) >= 11 is 0. The number of para-hydroxylation sites is 1. The van der Waals surface area contributed by atoms with E-state index < -0.39 is 18.0 Å². The number of rotatable bonds is 4. The number of hydrogen-bond donors (Lipinski definition) is 2. The highest BCUT2D eigenvalue weighted by Crippen LogP contribution is 2.30. The van der Waals surface area contributed by atoms with E-state index in [0.717, 1.165) is 0 Å². The van der Waals surface area contributed by atoms with E-state index in [-0.39, 0.29) is 24.1 Å². The molecular formula is C12H19ClFNO2. The standard InChI is InChI=1S/C12H18FNO2.ClH/c1-7(2)11(15)10(14)8-5-4-6-9(13)12(8)16-3;/h4-7,10-11,15H,14H2,1-3H3;1H/t10-,11+;/m1./s1. The summed E-state index contributed by atoms with van der Waals surface area (Å²) < 4.78 is 18.4. The number of halogens is 2. The second kappa shape index (κ2) is 6.79.